The molecule has 1 atom stereocenters. The highest BCUT2D eigenvalue weighted by molar-refractivity contribution is 8.00. The largest absolute Gasteiger partial charge is 0.362 e. The number of nitrogens with zero attached hydrogens (tertiary/aromatic N) is 4. The summed E-state index contributed by atoms with van der Waals surface area (Å²) < 4.78 is 13.1. The highest BCUT2D eigenvalue weighted by atomic mass is 32.2. The van der Waals surface area contributed by atoms with Crippen LogP contribution in [0.4, 0.5) is 10.2 Å². The number of pyridine rings is 1. The standard InChI is InChI=1S/C19H16FN4OS/c1-4-14-15(9-21)18(24(2)3)23-19(16(14)10-22)26-17(11-25)12-5-7-13(20)8-6-12/h5-8,17H,4H2,1-3H3. The zero-order chi connectivity index (χ0) is 19.3. The second-order valence-corrected chi connectivity index (χ2v) is 6.70. The molecule has 0 aliphatic carbocycles. The summed E-state index contributed by atoms with van der Waals surface area (Å²) in [7, 11) is 3.51. The lowest BCUT2D eigenvalue weighted by atomic mass is 10.0. The normalized spacial score (nSPS) is 11.3. The highest BCUT2D eigenvalue weighted by Gasteiger charge is 2.23. The zero-order valence-corrected chi connectivity index (χ0v) is 15.4. The van der Waals surface area contributed by atoms with E-state index in [9.17, 15) is 19.7 Å². The minimum atomic E-state index is -0.761. The molecule has 1 radical (unpaired) electrons. The third-order valence-electron chi connectivity index (χ3n) is 3.76. The molecule has 0 bridgehead atoms. The van der Waals surface area contributed by atoms with Gasteiger partial charge in [-0.1, -0.05) is 30.8 Å². The first-order valence-electron chi connectivity index (χ1n) is 7.80. The lowest BCUT2D eigenvalue weighted by molar-refractivity contribution is 0.554. The number of nitriles is 2. The number of anilines is 1. The molecule has 1 unspecified atom stereocenters. The number of carbonyl (C=O) groups excluding carboxylic acids is 1. The maximum Gasteiger partial charge on any atom is 0.217 e. The zero-order valence-electron chi connectivity index (χ0n) is 14.6. The molecule has 2 rings (SSSR count). The first-order valence-corrected chi connectivity index (χ1v) is 8.68. The van der Waals surface area contributed by atoms with E-state index in [4.69, 9.17) is 0 Å². The molecule has 2 aromatic rings. The molecule has 0 aliphatic rings. The van der Waals surface area contributed by atoms with Crippen LogP contribution in [-0.2, 0) is 11.2 Å². The molecule has 1 aromatic heterocycles. The van der Waals surface area contributed by atoms with Crippen molar-refractivity contribution in [2.75, 3.05) is 19.0 Å². The van der Waals surface area contributed by atoms with E-state index >= 15 is 0 Å². The first kappa shape index (κ1) is 19.4. The van der Waals surface area contributed by atoms with Gasteiger partial charge >= 0.3 is 0 Å². The molecular weight excluding hydrogens is 351 g/mol. The minimum absolute atomic E-state index is 0.280. The molecule has 0 saturated heterocycles. The summed E-state index contributed by atoms with van der Waals surface area (Å²) in [5, 5.41) is 18.7. The Kier molecular flexibility index (Phi) is 6.32. The summed E-state index contributed by atoms with van der Waals surface area (Å²) in [6.45, 7) is 1.86. The monoisotopic (exact) mass is 367 g/mol. The molecule has 7 heteroatoms. The van der Waals surface area contributed by atoms with Gasteiger partial charge in [0.2, 0.25) is 6.29 Å². The Balaban J connectivity index is 2.59. The van der Waals surface area contributed by atoms with Crippen molar-refractivity contribution in [3.8, 4) is 12.1 Å². The number of halogens is 1. The fraction of sp³-hybridized carbons (Fsp3) is 0.263. The van der Waals surface area contributed by atoms with E-state index in [0.29, 0.717) is 34.0 Å². The lowest BCUT2D eigenvalue weighted by Gasteiger charge is -2.19. The van der Waals surface area contributed by atoms with Gasteiger partial charge in [0.05, 0.1) is 11.1 Å². The Morgan fingerprint density at radius 2 is 1.81 bits per heavy atom. The SMILES string of the molecule is CCc1c(C#N)c(SC([C]=O)c2ccc(F)cc2)nc(N(C)C)c1C#N. The average molecular weight is 367 g/mol. The van der Waals surface area contributed by atoms with E-state index in [0.717, 1.165) is 11.8 Å². The van der Waals surface area contributed by atoms with Crippen LogP contribution in [0.2, 0.25) is 0 Å². The summed E-state index contributed by atoms with van der Waals surface area (Å²) in [6, 6.07) is 9.75. The molecular formula is C19H16FN4OS. The van der Waals surface area contributed by atoms with E-state index in [-0.39, 0.29) is 5.56 Å². The summed E-state index contributed by atoms with van der Waals surface area (Å²) >= 11 is 1.06. The highest BCUT2D eigenvalue weighted by Crippen LogP contribution is 2.38. The van der Waals surface area contributed by atoms with Crippen LogP contribution in [0.25, 0.3) is 0 Å². The van der Waals surface area contributed by atoms with Crippen LogP contribution in [0.3, 0.4) is 0 Å². The van der Waals surface area contributed by atoms with Gasteiger partial charge in [0.15, 0.2) is 0 Å². The fourth-order valence-electron chi connectivity index (χ4n) is 2.50. The van der Waals surface area contributed by atoms with Crippen molar-refractivity contribution in [3.63, 3.8) is 0 Å². The van der Waals surface area contributed by atoms with E-state index in [1.54, 1.807) is 19.0 Å². The van der Waals surface area contributed by atoms with Gasteiger partial charge in [0.25, 0.3) is 0 Å². The molecule has 26 heavy (non-hydrogen) atoms. The first-order chi connectivity index (χ1) is 12.5. The summed E-state index contributed by atoms with van der Waals surface area (Å²) in [6.07, 6.45) is 2.40. The molecule has 0 N–H and O–H groups in total. The summed E-state index contributed by atoms with van der Waals surface area (Å²) in [4.78, 5) is 17.6. The Labute approximate surface area is 156 Å². The van der Waals surface area contributed by atoms with Crippen LogP contribution >= 0.6 is 11.8 Å². The van der Waals surface area contributed by atoms with E-state index < -0.39 is 11.1 Å². The van der Waals surface area contributed by atoms with Crippen LogP contribution in [0.15, 0.2) is 29.3 Å². The Morgan fingerprint density at radius 3 is 2.27 bits per heavy atom. The van der Waals surface area contributed by atoms with Crippen LogP contribution in [0.5, 0.6) is 0 Å². The van der Waals surface area contributed by atoms with Crippen LogP contribution in [-0.4, -0.2) is 25.4 Å². The number of hydrogen-bond acceptors (Lipinski definition) is 6. The van der Waals surface area contributed by atoms with Crippen molar-refractivity contribution in [2.45, 2.75) is 23.6 Å². The van der Waals surface area contributed by atoms with Gasteiger partial charge in [-0.05, 0) is 29.7 Å². The van der Waals surface area contributed by atoms with Gasteiger partial charge < -0.3 is 4.90 Å². The molecule has 0 spiro atoms. The van der Waals surface area contributed by atoms with Crippen molar-refractivity contribution in [1.29, 1.82) is 10.5 Å². The van der Waals surface area contributed by atoms with E-state index in [2.05, 4.69) is 17.1 Å². The van der Waals surface area contributed by atoms with Crippen LogP contribution in [0.1, 0.15) is 34.4 Å². The molecule has 0 saturated carbocycles. The Bertz CT molecular complexity index is 898. The third kappa shape index (κ3) is 3.84. The van der Waals surface area contributed by atoms with Gasteiger partial charge in [0.1, 0.15) is 34.0 Å². The number of hydrogen-bond donors (Lipinski definition) is 0. The van der Waals surface area contributed by atoms with Crippen LogP contribution < -0.4 is 4.90 Å². The van der Waals surface area contributed by atoms with Crippen molar-refractivity contribution in [3.05, 3.63) is 52.3 Å². The van der Waals surface area contributed by atoms with Gasteiger partial charge in [-0.15, -0.1) is 0 Å². The fourth-order valence-corrected chi connectivity index (χ4v) is 3.49. The molecule has 131 valence electrons. The second-order valence-electron chi connectivity index (χ2n) is 5.61. The number of thioether (sulfide) groups is 1. The van der Waals surface area contributed by atoms with Crippen molar-refractivity contribution < 1.29 is 9.18 Å². The maximum absolute atomic E-state index is 13.1. The molecule has 0 amide bonds. The average Bonchev–Trinajstić information content (AvgIpc) is 2.65. The van der Waals surface area contributed by atoms with E-state index in [1.807, 2.05) is 13.2 Å². The Morgan fingerprint density at radius 1 is 1.19 bits per heavy atom. The molecule has 1 aromatic carbocycles. The van der Waals surface area contributed by atoms with E-state index in [1.165, 1.54) is 24.3 Å². The minimum Gasteiger partial charge on any atom is -0.362 e. The lowest BCUT2D eigenvalue weighted by Crippen LogP contribution is -2.16. The van der Waals surface area contributed by atoms with Crippen LogP contribution in [0, 0.1) is 28.5 Å². The number of benzene rings is 1. The van der Waals surface area contributed by atoms with Gasteiger partial charge in [-0.25, -0.2) is 9.37 Å². The molecule has 0 fully saturated rings. The molecule has 1 heterocycles. The number of aromatic nitrogens is 1. The van der Waals surface area contributed by atoms with Crippen molar-refractivity contribution in [2.24, 2.45) is 0 Å². The van der Waals surface area contributed by atoms with Crippen molar-refractivity contribution >= 4 is 23.9 Å². The smallest absolute Gasteiger partial charge is 0.217 e. The topological polar surface area (TPSA) is 80.8 Å². The predicted octanol–water partition coefficient (Wildman–Crippen LogP) is 3.54. The van der Waals surface area contributed by atoms with Gasteiger partial charge in [-0.2, -0.15) is 10.5 Å². The quantitative estimate of drug-likeness (QED) is 0.727. The second kappa shape index (κ2) is 8.46. The predicted molar refractivity (Wildman–Crippen MR) is 98.1 cm³/mol. The molecule has 5 nitrogen and oxygen atoms in total. The maximum atomic E-state index is 13.1. The van der Waals surface area contributed by atoms with Crippen molar-refractivity contribution in [1.82, 2.24) is 4.98 Å². The van der Waals surface area contributed by atoms with Gasteiger partial charge in [0, 0.05) is 14.1 Å². The Hall–Kier alpha value is -2.90. The third-order valence-corrected chi connectivity index (χ3v) is 4.88. The summed E-state index contributed by atoms with van der Waals surface area (Å²) in [5.74, 6) is 0.0374. The number of rotatable bonds is 6. The van der Waals surface area contributed by atoms with Gasteiger partial charge in [-0.3, -0.25) is 4.79 Å². The summed E-state index contributed by atoms with van der Waals surface area (Å²) in [5.41, 5.74) is 1.79. The molecule has 0 aliphatic heterocycles.